The summed E-state index contributed by atoms with van der Waals surface area (Å²) in [5.74, 6) is 0.0300. The average Bonchev–Trinajstić information content (AvgIpc) is 2.18. The fourth-order valence-electron chi connectivity index (χ4n) is 0.962. The largest absolute Gasteiger partial charge is 0.478 e. The quantitative estimate of drug-likeness (QED) is 0.375. The molecule has 0 spiro atoms. The average molecular weight is 231 g/mol. The molecule has 0 bridgehead atoms. The normalized spacial score (nSPS) is 8.87. The minimum absolute atomic E-state index is 0. The third-order valence-corrected chi connectivity index (χ3v) is 1.63. The fraction of sp³-hybridized carbons (Fsp3) is 0.222. The summed E-state index contributed by atoms with van der Waals surface area (Å²) in [6, 6.07) is 5.69. The predicted molar refractivity (Wildman–Crippen MR) is 58.8 cm³/mol. The summed E-state index contributed by atoms with van der Waals surface area (Å²) in [7, 11) is 0. The first kappa shape index (κ1) is 13.4. The second-order valence-electron chi connectivity index (χ2n) is 2.57. The zero-order valence-corrected chi connectivity index (χ0v) is 8.91. The van der Waals surface area contributed by atoms with Crippen molar-refractivity contribution in [3.05, 3.63) is 39.9 Å². The molecule has 1 N–H and O–H groups in total. The molecule has 15 heavy (non-hydrogen) atoms. The number of hydrogen-bond donors (Lipinski definition) is 1. The van der Waals surface area contributed by atoms with Gasteiger partial charge in [-0.1, -0.05) is 0 Å². The van der Waals surface area contributed by atoms with Gasteiger partial charge < -0.3 is 4.74 Å². The number of halogens is 1. The molecule has 6 heteroatoms. The minimum atomic E-state index is -0.478. The maximum absolute atomic E-state index is 10.3. The number of benzene rings is 1. The van der Waals surface area contributed by atoms with E-state index in [0.717, 1.165) is 0 Å². The van der Waals surface area contributed by atoms with E-state index >= 15 is 0 Å². The first-order valence-corrected chi connectivity index (χ1v) is 4.11. The van der Waals surface area contributed by atoms with Gasteiger partial charge in [-0.3, -0.25) is 15.5 Å². The lowest BCUT2D eigenvalue weighted by Gasteiger charge is -2.03. The summed E-state index contributed by atoms with van der Waals surface area (Å²) < 4.78 is 4.94. The van der Waals surface area contributed by atoms with Gasteiger partial charge in [0.05, 0.1) is 11.5 Å². The van der Waals surface area contributed by atoms with E-state index in [4.69, 9.17) is 10.1 Å². The highest BCUT2D eigenvalue weighted by Gasteiger charge is 2.06. The molecule has 5 nitrogen and oxygen atoms in total. The van der Waals surface area contributed by atoms with Gasteiger partial charge in [0.15, 0.2) is 0 Å². The molecule has 0 fully saturated rings. The van der Waals surface area contributed by atoms with Crippen molar-refractivity contribution >= 4 is 24.0 Å². The number of nitro benzene ring substituents is 1. The van der Waals surface area contributed by atoms with Crippen LogP contribution in [-0.2, 0) is 4.74 Å². The fourth-order valence-corrected chi connectivity index (χ4v) is 0.962. The summed E-state index contributed by atoms with van der Waals surface area (Å²) in [5, 5.41) is 17.7. The van der Waals surface area contributed by atoms with Gasteiger partial charge in [-0.25, -0.2) is 0 Å². The van der Waals surface area contributed by atoms with Crippen molar-refractivity contribution < 1.29 is 9.66 Å². The van der Waals surface area contributed by atoms with Crippen molar-refractivity contribution in [3.63, 3.8) is 0 Å². The molecule has 1 aromatic rings. The van der Waals surface area contributed by atoms with Crippen LogP contribution in [0.2, 0.25) is 0 Å². The lowest BCUT2D eigenvalue weighted by Crippen LogP contribution is -2.04. The summed E-state index contributed by atoms with van der Waals surface area (Å²) >= 11 is 0. The molecule has 0 saturated heterocycles. The van der Waals surface area contributed by atoms with Gasteiger partial charge in [-0.05, 0) is 19.1 Å². The molecular weight excluding hydrogens is 220 g/mol. The highest BCUT2D eigenvalue weighted by Crippen LogP contribution is 2.12. The van der Waals surface area contributed by atoms with Gasteiger partial charge in [0.25, 0.3) is 5.69 Å². The molecule has 0 aromatic heterocycles. The van der Waals surface area contributed by atoms with Crippen LogP contribution < -0.4 is 0 Å². The number of nitro groups is 1. The van der Waals surface area contributed by atoms with E-state index in [2.05, 4.69) is 0 Å². The molecule has 0 amide bonds. The Balaban J connectivity index is 0.00000196. The molecule has 0 unspecified atom stereocenters. The highest BCUT2D eigenvalue weighted by atomic mass is 35.5. The molecule has 0 saturated carbocycles. The van der Waals surface area contributed by atoms with Gasteiger partial charge in [0.1, 0.15) is 0 Å². The minimum Gasteiger partial charge on any atom is -0.478 e. The number of non-ortho nitro benzene ring substituents is 1. The maximum atomic E-state index is 10.3. The summed E-state index contributed by atoms with van der Waals surface area (Å²) in [4.78, 5) is 9.85. The number of nitrogens with zero attached hydrogens (tertiary/aromatic N) is 1. The molecule has 0 atom stereocenters. The van der Waals surface area contributed by atoms with Crippen LogP contribution in [0.15, 0.2) is 24.3 Å². The van der Waals surface area contributed by atoms with Crippen molar-refractivity contribution in [3.8, 4) is 0 Å². The SMILES string of the molecule is CCOC(=N)c1ccc([N+](=O)[O-])cc1.Cl. The van der Waals surface area contributed by atoms with E-state index in [1.54, 1.807) is 6.92 Å². The molecule has 0 aliphatic heterocycles. The zero-order chi connectivity index (χ0) is 10.6. The number of hydrogen-bond acceptors (Lipinski definition) is 4. The second kappa shape index (κ2) is 5.98. The van der Waals surface area contributed by atoms with E-state index in [9.17, 15) is 10.1 Å². The molecule has 82 valence electrons. The zero-order valence-electron chi connectivity index (χ0n) is 8.10. The van der Waals surface area contributed by atoms with Crippen LogP contribution in [0.4, 0.5) is 5.69 Å². The Morgan fingerprint density at radius 1 is 1.47 bits per heavy atom. The Hall–Kier alpha value is -1.62. The summed E-state index contributed by atoms with van der Waals surface area (Å²) in [5.41, 5.74) is 0.551. The number of ether oxygens (including phenoxy) is 1. The van der Waals surface area contributed by atoms with Gasteiger partial charge in [0.2, 0.25) is 5.90 Å². The molecular formula is C9H11ClN2O3. The van der Waals surface area contributed by atoms with Gasteiger partial charge in [-0.2, -0.15) is 0 Å². The molecule has 0 aliphatic rings. The van der Waals surface area contributed by atoms with E-state index in [1.807, 2.05) is 0 Å². The van der Waals surface area contributed by atoms with Gasteiger partial charge in [-0.15, -0.1) is 12.4 Å². The third-order valence-electron chi connectivity index (χ3n) is 1.63. The maximum Gasteiger partial charge on any atom is 0.269 e. The lowest BCUT2D eigenvalue weighted by atomic mass is 10.2. The Kier molecular flexibility index (Phi) is 5.33. The van der Waals surface area contributed by atoms with Crippen LogP contribution in [0.25, 0.3) is 0 Å². The van der Waals surface area contributed by atoms with E-state index in [0.29, 0.717) is 12.2 Å². The van der Waals surface area contributed by atoms with Crippen LogP contribution >= 0.6 is 12.4 Å². The van der Waals surface area contributed by atoms with E-state index in [1.165, 1.54) is 24.3 Å². The Morgan fingerprint density at radius 3 is 2.40 bits per heavy atom. The topological polar surface area (TPSA) is 76.2 Å². The molecule has 0 heterocycles. The van der Waals surface area contributed by atoms with Crippen molar-refractivity contribution in [1.82, 2.24) is 0 Å². The first-order chi connectivity index (χ1) is 6.65. The van der Waals surface area contributed by atoms with Crippen LogP contribution in [0.3, 0.4) is 0 Å². The van der Waals surface area contributed by atoms with Crippen LogP contribution in [0.1, 0.15) is 12.5 Å². The smallest absolute Gasteiger partial charge is 0.269 e. The second-order valence-corrected chi connectivity index (χ2v) is 2.57. The summed E-state index contributed by atoms with van der Waals surface area (Å²) in [6.07, 6.45) is 0. The van der Waals surface area contributed by atoms with Crippen molar-refractivity contribution in [2.45, 2.75) is 6.92 Å². The van der Waals surface area contributed by atoms with Crippen LogP contribution in [0, 0.1) is 15.5 Å². The van der Waals surface area contributed by atoms with Crippen molar-refractivity contribution in [2.75, 3.05) is 6.61 Å². The predicted octanol–water partition coefficient (Wildman–Crippen LogP) is 2.38. The van der Waals surface area contributed by atoms with Crippen LogP contribution in [0.5, 0.6) is 0 Å². The monoisotopic (exact) mass is 230 g/mol. The van der Waals surface area contributed by atoms with Crippen molar-refractivity contribution in [2.24, 2.45) is 0 Å². The highest BCUT2D eigenvalue weighted by molar-refractivity contribution is 5.91. The number of rotatable bonds is 3. The molecule has 1 aromatic carbocycles. The first-order valence-electron chi connectivity index (χ1n) is 4.11. The van der Waals surface area contributed by atoms with E-state index in [-0.39, 0.29) is 24.0 Å². The van der Waals surface area contributed by atoms with Gasteiger partial charge in [0, 0.05) is 17.7 Å². The Labute approximate surface area is 93.1 Å². The molecule has 1 rings (SSSR count). The van der Waals surface area contributed by atoms with E-state index < -0.39 is 4.92 Å². The molecule has 0 aliphatic carbocycles. The standard InChI is InChI=1S/C9H10N2O3.ClH/c1-2-14-9(10)7-3-5-8(6-4-7)11(12)13;/h3-6,10H,2H2,1H3;1H. The van der Waals surface area contributed by atoms with Crippen molar-refractivity contribution in [1.29, 1.82) is 5.41 Å². The Morgan fingerprint density at radius 2 is 2.00 bits per heavy atom. The van der Waals surface area contributed by atoms with Crippen LogP contribution in [-0.4, -0.2) is 17.4 Å². The molecule has 0 radical (unpaired) electrons. The van der Waals surface area contributed by atoms with Gasteiger partial charge >= 0.3 is 0 Å². The number of nitrogens with one attached hydrogen (secondary N) is 1. The lowest BCUT2D eigenvalue weighted by molar-refractivity contribution is -0.384. The third kappa shape index (κ3) is 3.55. The summed E-state index contributed by atoms with van der Waals surface area (Å²) in [6.45, 7) is 2.19. The Bertz CT molecular complexity index is 351.